The molecule has 2 rings (SSSR count). The average Bonchev–Trinajstić information content (AvgIpc) is 2.36. The summed E-state index contributed by atoms with van der Waals surface area (Å²) in [5, 5.41) is 12.5. The molecular weight excluding hydrogens is 256 g/mol. The SMILES string of the molecule is CCNc1nc(N(C)C)nc(N(C)CC2CC(O)C2)n1. The Balaban J connectivity index is 2.11. The van der Waals surface area contributed by atoms with Gasteiger partial charge in [-0.05, 0) is 25.7 Å². The number of nitrogens with zero attached hydrogens (tertiary/aromatic N) is 5. The number of anilines is 3. The van der Waals surface area contributed by atoms with Gasteiger partial charge in [0.2, 0.25) is 17.8 Å². The maximum atomic E-state index is 9.36. The molecule has 1 aromatic heterocycles. The molecule has 0 aromatic carbocycles. The van der Waals surface area contributed by atoms with Crippen LogP contribution in [0.2, 0.25) is 0 Å². The van der Waals surface area contributed by atoms with E-state index in [1.165, 1.54) is 0 Å². The molecule has 0 amide bonds. The van der Waals surface area contributed by atoms with Crippen LogP contribution in [0.3, 0.4) is 0 Å². The second-order valence-corrected chi connectivity index (χ2v) is 5.56. The molecule has 0 bridgehead atoms. The molecule has 1 fully saturated rings. The Labute approximate surface area is 120 Å². The summed E-state index contributed by atoms with van der Waals surface area (Å²) < 4.78 is 0. The Bertz CT molecular complexity index is 446. The highest BCUT2D eigenvalue weighted by atomic mass is 16.3. The first-order valence-corrected chi connectivity index (χ1v) is 7.06. The van der Waals surface area contributed by atoms with Crippen molar-refractivity contribution in [3.63, 3.8) is 0 Å². The number of nitrogens with one attached hydrogen (secondary N) is 1. The van der Waals surface area contributed by atoms with E-state index in [1.54, 1.807) is 0 Å². The zero-order valence-corrected chi connectivity index (χ0v) is 12.7. The van der Waals surface area contributed by atoms with Crippen LogP contribution < -0.4 is 15.1 Å². The van der Waals surface area contributed by atoms with Crippen LogP contribution >= 0.6 is 0 Å². The van der Waals surface area contributed by atoms with Gasteiger partial charge in [-0.2, -0.15) is 15.0 Å². The summed E-state index contributed by atoms with van der Waals surface area (Å²) in [5.74, 6) is 2.44. The highest BCUT2D eigenvalue weighted by Gasteiger charge is 2.28. The first-order valence-electron chi connectivity index (χ1n) is 7.06. The molecule has 112 valence electrons. The highest BCUT2D eigenvalue weighted by Crippen LogP contribution is 2.28. The maximum absolute atomic E-state index is 9.36. The highest BCUT2D eigenvalue weighted by molar-refractivity contribution is 5.44. The van der Waals surface area contributed by atoms with E-state index < -0.39 is 0 Å². The predicted octanol–water partition coefficient (Wildman–Crippen LogP) is 0.576. The van der Waals surface area contributed by atoms with E-state index in [0.29, 0.717) is 23.8 Å². The van der Waals surface area contributed by atoms with Crippen LogP contribution in [0, 0.1) is 5.92 Å². The molecule has 7 nitrogen and oxygen atoms in total. The minimum atomic E-state index is -0.124. The van der Waals surface area contributed by atoms with E-state index >= 15 is 0 Å². The number of rotatable bonds is 6. The van der Waals surface area contributed by atoms with Crippen molar-refractivity contribution in [1.29, 1.82) is 0 Å². The maximum Gasteiger partial charge on any atom is 0.231 e. The van der Waals surface area contributed by atoms with Crippen LogP contribution in [0.15, 0.2) is 0 Å². The van der Waals surface area contributed by atoms with Crippen LogP contribution in [-0.4, -0.2) is 60.4 Å². The summed E-state index contributed by atoms with van der Waals surface area (Å²) in [6.45, 7) is 3.65. The fraction of sp³-hybridized carbons (Fsp3) is 0.769. The lowest BCUT2D eigenvalue weighted by Crippen LogP contribution is -2.37. The van der Waals surface area contributed by atoms with Crippen LogP contribution in [0.5, 0.6) is 0 Å². The summed E-state index contributed by atoms with van der Waals surface area (Å²) in [4.78, 5) is 17.2. The van der Waals surface area contributed by atoms with Crippen molar-refractivity contribution in [2.75, 3.05) is 49.3 Å². The zero-order chi connectivity index (χ0) is 14.7. The second-order valence-electron chi connectivity index (χ2n) is 5.56. The van der Waals surface area contributed by atoms with Crippen molar-refractivity contribution >= 4 is 17.8 Å². The Morgan fingerprint density at radius 3 is 2.35 bits per heavy atom. The first kappa shape index (κ1) is 14.8. The quantitative estimate of drug-likeness (QED) is 0.789. The van der Waals surface area contributed by atoms with Gasteiger partial charge in [-0.15, -0.1) is 0 Å². The lowest BCUT2D eigenvalue weighted by molar-refractivity contribution is 0.0463. The molecule has 0 radical (unpaired) electrons. The van der Waals surface area contributed by atoms with Gasteiger partial charge >= 0.3 is 0 Å². The number of aliphatic hydroxyl groups is 1. The van der Waals surface area contributed by atoms with E-state index in [1.807, 2.05) is 37.9 Å². The van der Waals surface area contributed by atoms with E-state index in [4.69, 9.17) is 0 Å². The fourth-order valence-corrected chi connectivity index (χ4v) is 2.28. The largest absolute Gasteiger partial charge is 0.393 e. The molecule has 0 saturated heterocycles. The molecule has 20 heavy (non-hydrogen) atoms. The molecule has 1 heterocycles. The predicted molar refractivity (Wildman–Crippen MR) is 80.3 cm³/mol. The van der Waals surface area contributed by atoms with Gasteiger partial charge in [0.05, 0.1) is 6.10 Å². The van der Waals surface area contributed by atoms with Gasteiger partial charge in [-0.25, -0.2) is 0 Å². The molecule has 0 spiro atoms. The van der Waals surface area contributed by atoms with Crippen LogP contribution in [0.4, 0.5) is 17.8 Å². The average molecular weight is 280 g/mol. The third-order valence-corrected chi connectivity index (χ3v) is 3.43. The fourth-order valence-electron chi connectivity index (χ4n) is 2.28. The molecule has 2 N–H and O–H groups in total. The monoisotopic (exact) mass is 280 g/mol. The van der Waals surface area contributed by atoms with Crippen LogP contribution in [-0.2, 0) is 0 Å². The lowest BCUT2D eigenvalue weighted by Gasteiger charge is -2.34. The molecular formula is C13H24N6O. The van der Waals surface area contributed by atoms with Gasteiger partial charge in [0.25, 0.3) is 0 Å². The van der Waals surface area contributed by atoms with Gasteiger partial charge in [0.15, 0.2) is 0 Å². The molecule has 0 aliphatic heterocycles. The number of aliphatic hydroxyl groups excluding tert-OH is 1. The van der Waals surface area contributed by atoms with Crippen molar-refractivity contribution in [2.24, 2.45) is 5.92 Å². The van der Waals surface area contributed by atoms with Crippen molar-refractivity contribution in [3.8, 4) is 0 Å². The molecule has 0 atom stereocenters. The van der Waals surface area contributed by atoms with E-state index in [2.05, 4.69) is 20.3 Å². The van der Waals surface area contributed by atoms with E-state index in [0.717, 1.165) is 25.9 Å². The molecule has 7 heteroatoms. The van der Waals surface area contributed by atoms with Crippen LogP contribution in [0.1, 0.15) is 19.8 Å². The van der Waals surface area contributed by atoms with Crippen LogP contribution in [0.25, 0.3) is 0 Å². The second kappa shape index (κ2) is 6.21. The molecule has 1 saturated carbocycles. The molecule has 0 unspecified atom stereocenters. The van der Waals surface area contributed by atoms with Gasteiger partial charge in [-0.3, -0.25) is 0 Å². The Kier molecular flexibility index (Phi) is 4.59. The minimum absolute atomic E-state index is 0.124. The Morgan fingerprint density at radius 2 is 1.80 bits per heavy atom. The number of aromatic nitrogens is 3. The van der Waals surface area contributed by atoms with Crippen molar-refractivity contribution in [2.45, 2.75) is 25.9 Å². The van der Waals surface area contributed by atoms with Crippen molar-refractivity contribution in [3.05, 3.63) is 0 Å². The molecule has 1 aliphatic carbocycles. The molecule has 1 aromatic rings. The normalized spacial score (nSPS) is 21.2. The third kappa shape index (κ3) is 3.47. The minimum Gasteiger partial charge on any atom is -0.393 e. The summed E-state index contributed by atoms with van der Waals surface area (Å²) in [6.07, 6.45) is 1.62. The van der Waals surface area contributed by atoms with Gasteiger partial charge in [-0.1, -0.05) is 0 Å². The third-order valence-electron chi connectivity index (χ3n) is 3.43. The summed E-state index contributed by atoms with van der Waals surface area (Å²) in [6, 6.07) is 0. The van der Waals surface area contributed by atoms with Crippen molar-refractivity contribution in [1.82, 2.24) is 15.0 Å². The number of hydrogen-bond donors (Lipinski definition) is 2. The zero-order valence-electron chi connectivity index (χ0n) is 12.7. The standard InChI is InChI=1S/C13H24N6O/c1-5-14-11-15-12(18(2)3)17-13(16-11)19(4)8-9-6-10(20)7-9/h9-10,20H,5-8H2,1-4H3,(H,14,15,16,17). The topological polar surface area (TPSA) is 77.4 Å². The molecule has 1 aliphatic rings. The van der Waals surface area contributed by atoms with Gasteiger partial charge < -0.3 is 20.2 Å². The summed E-state index contributed by atoms with van der Waals surface area (Å²) in [5.41, 5.74) is 0. The lowest BCUT2D eigenvalue weighted by atomic mass is 9.82. The smallest absolute Gasteiger partial charge is 0.231 e. The summed E-state index contributed by atoms with van der Waals surface area (Å²) in [7, 11) is 5.81. The van der Waals surface area contributed by atoms with E-state index in [9.17, 15) is 5.11 Å². The van der Waals surface area contributed by atoms with Crippen molar-refractivity contribution < 1.29 is 5.11 Å². The summed E-state index contributed by atoms with van der Waals surface area (Å²) >= 11 is 0. The Morgan fingerprint density at radius 1 is 1.15 bits per heavy atom. The first-order chi connectivity index (χ1) is 9.49. The number of hydrogen-bond acceptors (Lipinski definition) is 7. The van der Waals surface area contributed by atoms with Gasteiger partial charge in [0.1, 0.15) is 0 Å². The van der Waals surface area contributed by atoms with Gasteiger partial charge in [0, 0.05) is 34.2 Å². The Hall–Kier alpha value is -1.63. The van der Waals surface area contributed by atoms with E-state index in [-0.39, 0.29) is 6.10 Å².